The van der Waals surface area contributed by atoms with E-state index < -0.39 is 119 Å². The number of hydrogen-bond acceptors (Lipinski definition) is 2. The second-order valence-electron chi connectivity index (χ2n) is 11.8. The minimum Gasteiger partial charge on any atom is -0.508 e. The number of halogens is 26. The summed E-state index contributed by atoms with van der Waals surface area (Å²) in [5.41, 5.74) is -2.99. The van der Waals surface area contributed by atoms with E-state index in [0.29, 0.717) is 0 Å². The first-order valence-corrected chi connectivity index (χ1v) is 13.9. The molecule has 2 N–H and O–H groups in total. The average molecular weight is 878 g/mol. The van der Waals surface area contributed by atoms with E-state index in [9.17, 15) is 107 Å². The molecule has 0 fully saturated rings. The monoisotopic (exact) mass is 878 g/mol. The third kappa shape index (κ3) is 7.40. The Morgan fingerprint density at radius 3 is 0.696 bits per heavy atom. The van der Waals surface area contributed by atoms with Crippen LogP contribution in [0.1, 0.15) is 35.8 Å². The summed E-state index contributed by atoms with van der Waals surface area (Å²) >= 11 is 0. The van der Waals surface area contributed by atoms with Crippen molar-refractivity contribution in [2.24, 2.45) is 0 Å². The molecule has 0 aliphatic heterocycles. The minimum absolute atomic E-state index is 0.0646. The van der Waals surface area contributed by atoms with Gasteiger partial charge < -0.3 is 10.2 Å². The van der Waals surface area contributed by atoms with Crippen LogP contribution in [0.2, 0.25) is 0 Å². The summed E-state index contributed by atoms with van der Waals surface area (Å²) in [7, 11) is 0. The van der Waals surface area contributed by atoms with Crippen LogP contribution >= 0.6 is 0 Å². The zero-order valence-electron chi connectivity index (χ0n) is 25.9. The van der Waals surface area contributed by atoms with E-state index in [-0.39, 0.29) is 48.5 Å². The molecule has 2 nitrogen and oxygen atoms in total. The van der Waals surface area contributed by atoms with Gasteiger partial charge in [0.15, 0.2) is 0 Å². The highest BCUT2D eigenvalue weighted by molar-refractivity contribution is 5.36. The Hall–Kier alpha value is -3.78. The van der Waals surface area contributed by atoms with Gasteiger partial charge in [0.2, 0.25) is 0 Å². The van der Waals surface area contributed by atoms with Gasteiger partial charge in [0, 0.05) is 12.8 Å². The van der Waals surface area contributed by atoms with Gasteiger partial charge in [-0.25, -0.2) is 0 Å². The molecular formula is C28H16F26O2. The van der Waals surface area contributed by atoms with Crippen LogP contribution in [0.15, 0.2) is 48.5 Å². The number of rotatable bonds is 15. The van der Waals surface area contributed by atoms with E-state index in [1.54, 1.807) is 0 Å². The Bertz CT molecular complexity index is 1530. The lowest BCUT2D eigenvalue weighted by molar-refractivity contribution is -0.441. The lowest BCUT2D eigenvalue weighted by Crippen LogP contribution is -2.70. The molecule has 56 heavy (non-hydrogen) atoms. The summed E-state index contributed by atoms with van der Waals surface area (Å²) in [5.74, 6) is -91.2. The van der Waals surface area contributed by atoms with Crippen LogP contribution in [0, 0.1) is 0 Å². The number of alkyl halides is 26. The minimum atomic E-state index is -8.55. The maximum Gasteiger partial charge on any atom is 0.460 e. The first-order valence-electron chi connectivity index (χ1n) is 13.9. The van der Waals surface area contributed by atoms with Gasteiger partial charge in [-0.3, -0.25) is 0 Å². The third-order valence-corrected chi connectivity index (χ3v) is 8.08. The van der Waals surface area contributed by atoms with Gasteiger partial charge in [0.1, 0.15) is 11.5 Å². The van der Waals surface area contributed by atoms with E-state index in [4.69, 9.17) is 0 Å². The molecule has 2 rings (SSSR count). The summed E-state index contributed by atoms with van der Waals surface area (Å²) < 4.78 is 361. The second-order valence-corrected chi connectivity index (χ2v) is 11.8. The molecule has 0 saturated heterocycles. The van der Waals surface area contributed by atoms with E-state index in [1.165, 1.54) is 0 Å². The van der Waals surface area contributed by atoms with Crippen LogP contribution in [0.25, 0.3) is 0 Å². The lowest BCUT2D eigenvalue weighted by atomic mass is 9.73. The summed E-state index contributed by atoms with van der Waals surface area (Å²) in [6.07, 6.45) is -23.1. The van der Waals surface area contributed by atoms with Crippen molar-refractivity contribution in [1.29, 1.82) is 0 Å². The summed E-state index contributed by atoms with van der Waals surface area (Å²) in [6.45, 7) is 0. The van der Waals surface area contributed by atoms with Crippen molar-refractivity contribution in [2.75, 3.05) is 0 Å². The average Bonchev–Trinajstić information content (AvgIpc) is 3.01. The van der Waals surface area contributed by atoms with Gasteiger partial charge in [-0.15, -0.1) is 0 Å². The maximum absolute atomic E-state index is 15.2. The molecule has 2 aromatic carbocycles. The Balaban J connectivity index is 2.96. The van der Waals surface area contributed by atoms with Gasteiger partial charge in [-0.1, -0.05) is 24.3 Å². The fraction of sp³-hybridized carbons (Fsp3) is 0.571. The molecule has 0 saturated carbocycles. The normalized spacial score (nSPS) is 16.5. The molecule has 0 radical (unpaired) electrons. The molecule has 0 aliphatic rings. The first kappa shape index (κ1) is 48.4. The molecule has 2 aromatic rings. The van der Waals surface area contributed by atoms with E-state index in [1.807, 2.05) is 0 Å². The predicted molar refractivity (Wildman–Crippen MR) is 133 cm³/mol. The molecule has 0 heterocycles. The molecule has 0 bridgehead atoms. The molecule has 2 atom stereocenters. The van der Waals surface area contributed by atoms with Crippen molar-refractivity contribution in [3.8, 4) is 11.5 Å². The SMILES string of the molecule is Oc1ccc(C(CC(F)(F)C(F)(F)C(F)(F)C(F)(F)C(F)(F)C(F)(F)F)C(CC(F)(F)C(F)(F)C(F)(F)C(F)(F)C(F)(F)C(F)(F)F)c2ccc(O)cc2)cc1. The molecule has 2 unspecified atom stereocenters. The highest BCUT2D eigenvalue weighted by Crippen LogP contribution is 2.64. The largest absolute Gasteiger partial charge is 0.508 e. The highest BCUT2D eigenvalue weighted by atomic mass is 19.4. The van der Waals surface area contributed by atoms with E-state index in [2.05, 4.69) is 0 Å². The summed E-state index contributed by atoms with van der Waals surface area (Å²) in [5, 5.41) is 18.9. The molecule has 0 spiro atoms. The Morgan fingerprint density at radius 1 is 0.304 bits per heavy atom. The molecule has 0 aromatic heterocycles. The van der Waals surface area contributed by atoms with Gasteiger partial charge in [-0.05, 0) is 47.2 Å². The van der Waals surface area contributed by atoms with Crippen molar-refractivity contribution in [3.63, 3.8) is 0 Å². The Morgan fingerprint density at radius 2 is 0.500 bits per heavy atom. The van der Waals surface area contributed by atoms with Crippen molar-refractivity contribution < 1.29 is 124 Å². The van der Waals surface area contributed by atoms with Gasteiger partial charge in [0.05, 0.1) is 0 Å². The van der Waals surface area contributed by atoms with Crippen molar-refractivity contribution in [1.82, 2.24) is 0 Å². The molecule has 28 heteroatoms. The zero-order valence-corrected chi connectivity index (χ0v) is 25.9. The van der Waals surface area contributed by atoms with Crippen LogP contribution < -0.4 is 0 Å². The Labute approximate surface area is 292 Å². The molecule has 0 aliphatic carbocycles. The van der Waals surface area contributed by atoms with Gasteiger partial charge in [-0.2, -0.15) is 114 Å². The third-order valence-electron chi connectivity index (χ3n) is 8.08. The lowest BCUT2D eigenvalue weighted by Gasteiger charge is -2.42. The quantitative estimate of drug-likeness (QED) is 0.175. The number of phenolic OH excluding ortho intramolecular Hbond substituents is 2. The zero-order chi connectivity index (χ0) is 44.5. The second kappa shape index (κ2) is 14.0. The predicted octanol–water partition coefficient (Wildman–Crippen LogP) is 12.2. The molecular weight excluding hydrogens is 862 g/mol. The summed E-state index contributed by atoms with van der Waals surface area (Å²) in [4.78, 5) is 0. The van der Waals surface area contributed by atoms with Gasteiger partial charge >= 0.3 is 71.6 Å². The number of aromatic hydroxyl groups is 2. The fourth-order valence-corrected chi connectivity index (χ4v) is 4.84. The number of phenols is 2. The van der Waals surface area contributed by atoms with Gasteiger partial charge in [0.25, 0.3) is 0 Å². The standard InChI is InChI=1S/C28H16F26O2/c29-17(30,19(33,34)21(37,38)23(41,42)25(45,46)27(49,50)51)9-15(11-1-5-13(55)6-2-11)16(12-3-7-14(56)8-4-12)10-18(31,32)20(35,36)22(39,40)24(43,44)26(47,48)28(52,53)54/h1-8,15-16,55-56H,9-10H2. The van der Waals surface area contributed by atoms with Crippen molar-refractivity contribution in [3.05, 3.63) is 59.7 Å². The fourth-order valence-electron chi connectivity index (χ4n) is 4.84. The maximum atomic E-state index is 15.2. The molecule has 0 amide bonds. The van der Waals surface area contributed by atoms with Crippen molar-refractivity contribution in [2.45, 2.75) is 96.3 Å². The smallest absolute Gasteiger partial charge is 0.460 e. The van der Waals surface area contributed by atoms with Crippen LogP contribution in [0.3, 0.4) is 0 Å². The van der Waals surface area contributed by atoms with Crippen LogP contribution in [0.5, 0.6) is 11.5 Å². The summed E-state index contributed by atoms with van der Waals surface area (Å²) in [6, 6.07) is 1.09. The van der Waals surface area contributed by atoms with E-state index >= 15 is 17.6 Å². The number of hydrogen-bond donors (Lipinski definition) is 2. The highest BCUT2D eigenvalue weighted by Gasteiger charge is 2.92. The topological polar surface area (TPSA) is 40.5 Å². The van der Waals surface area contributed by atoms with E-state index in [0.717, 1.165) is 0 Å². The van der Waals surface area contributed by atoms with Crippen molar-refractivity contribution >= 4 is 0 Å². The number of benzene rings is 2. The Kier molecular flexibility index (Phi) is 12.1. The van der Waals surface area contributed by atoms with Crippen LogP contribution in [-0.4, -0.2) is 81.8 Å². The molecule has 322 valence electrons. The van der Waals surface area contributed by atoms with Crippen LogP contribution in [-0.2, 0) is 0 Å². The van der Waals surface area contributed by atoms with Crippen LogP contribution in [0.4, 0.5) is 114 Å². The first-order chi connectivity index (χ1) is 24.4.